The minimum Gasteiger partial charge on any atom is -0.361 e. The van der Waals surface area contributed by atoms with Crippen LogP contribution in [0.1, 0.15) is 35.1 Å². The van der Waals surface area contributed by atoms with E-state index in [1.807, 2.05) is 43.8 Å². The number of rotatable bonds is 6. The first-order valence-corrected chi connectivity index (χ1v) is 11.0. The lowest BCUT2D eigenvalue weighted by atomic mass is 10.1. The first-order valence-electron chi connectivity index (χ1n) is 11.0. The van der Waals surface area contributed by atoms with Gasteiger partial charge in [-0.15, -0.1) is 10.2 Å². The second-order valence-corrected chi connectivity index (χ2v) is 8.13. The van der Waals surface area contributed by atoms with E-state index >= 15 is 0 Å². The van der Waals surface area contributed by atoms with Crippen molar-refractivity contribution < 1.29 is 14.0 Å². The van der Waals surface area contributed by atoms with Gasteiger partial charge >= 0.3 is 0 Å². The molecule has 0 bridgehead atoms. The number of fused-ring (bicyclic) bond motifs is 3. The van der Waals surface area contributed by atoms with Gasteiger partial charge in [-0.2, -0.15) is 5.10 Å². The number of amides is 1. The number of hydroxylamine groups is 1. The molecule has 13 heteroatoms. The average Bonchev–Trinajstić information content (AvgIpc) is 3.26. The summed E-state index contributed by atoms with van der Waals surface area (Å²) >= 11 is 0. The fourth-order valence-electron chi connectivity index (χ4n) is 4.00. The number of nitrogens with one attached hydrogen (secondary N) is 3. The molecule has 0 spiro atoms. The summed E-state index contributed by atoms with van der Waals surface area (Å²) in [5.41, 5.74) is 5.06. The lowest BCUT2D eigenvalue weighted by Crippen LogP contribution is -2.31. The van der Waals surface area contributed by atoms with Gasteiger partial charge in [-0.25, -0.2) is 24.5 Å². The molecule has 12 nitrogen and oxygen atoms in total. The molecule has 1 atom stereocenters. The summed E-state index contributed by atoms with van der Waals surface area (Å²) in [6.45, 7) is 3.90. The molecule has 184 valence electrons. The summed E-state index contributed by atoms with van der Waals surface area (Å²) in [6, 6.07) is 10.0. The van der Waals surface area contributed by atoms with Crippen molar-refractivity contribution in [1.82, 2.24) is 35.4 Å². The third kappa shape index (κ3) is 4.15. The molecular weight excluding hydrogens is 467 g/mol. The van der Waals surface area contributed by atoms with Crippen molar-refractivity contribution in [2.75, 3.05) is 29.7 Å². The van der Waals surface area contributed by atoms with Gasteiger partial charge in [-0.1, -0.05) is 6.07 Å². The highest BCUT2D eigenvalue weighted by molar-refractivity contribution is 5.99. The van der Waals surface area contributed by atoms with E-state index in [1.54, 1.807) is 6.07 Å². The van der Waals surface area contributed by atoms with Crippen LogP contribution in [0.25, 0.3) is 5.69 Å². The number of pyridine rings is 1. The van der Waals surface area contributed by atoms with Gasteiger partial charge in [0.05, 0.1) is 42.1 Å². The number of benzene rings is 1. The van der Waals surface area contributed by atoms with E-state index in [1.165, 1.54) is 19.2 Å². The Kier molecular flexibility index (Phi) is 5.90. The zero-order valence-corrected chi connectivity index (χ0v) is 19.9. The van der Waals surface area contributed by atoms with Crippen molar-refractivity contribution in [1.29, 1.82) is 0 Å². The number of carbonyl (C=O) groups is 1. The third-order valence-corrected chi connectivity index (χ3v) is 5.74. The Labute approximate surface area is 205 Å². The largest absolute Gasteiger partial charge is 0.361 e. The maximum Gasteiger partial charge on any atom is 0.297 e. The Morgan fingerprint density at radius 1 is 1.11 bits per heavy atom. The summed E-state index contributed by atoms with van der Waals surface area (Å²) in [5.74, 6) is 1.14. The number of hydrogen-bond acceptors (Lipinski definition) is 10. The van der Waals surface area contributed by atoms with Gasteiger partial charge in [0, 0.05) is 13.1 Å². The lowest BCUT2D eigenvalue weighted by Gasteiger charge is -2.34. The molecule has 4 aromatic rings. The first-order chi connectivity index (χ1) is 17.4. The second kappa shape index (κ2) is 9.19. The number of nitrogens with zero attached hydrogens (tertiary/aromatic N) is 7. The predicted octanol–water partition coefficient (Wildman–Crippen LogP) is 3.19. The Hall–Kier alpha value is -4.65. The molecule has 1 amide bonds. The summed E-state index contributed by atoms with van der Waals surface area (Å²) in [5, 5.41) is 19.0. The van der Waals surface area contributed by atoms with Crippen molar-refractivity contribution >= 4 is 34.6 Å². The molecule has 0 saturated heterocycles. The molecule has 3 N–H and O–H groups in total. The fraction of sp³-hybridized carbons (Fsp3) is 0.217. The van der Waals surface area contributed by atoms with Crippen molar-refractivity contribution in [2.45, 2.75) is 19.9 Å². The highest BCUT2D eigenvalue weighted by Crippen LogP contribution is 2.42. The van der Waals surface area contributed by atoms with Gasteiger partial charge < -0.3 is 15.5 Å². The van der Waals surface area contributed by atoms with E-state index in [4.69, 9.17) is 4.84 Å². The van der Waals surface area contributed by atoms with Crippen LogP contribution in [-0.2, 0) is 4.84 Å². The van der Waals surface area contributed by atoms with Gasteiger partial charge in [0.15, 0.2) is 17.3 Å². The molecule has 3 aromatic heterocycles. The SMILES string of the molecule is CONC(=O)c1nnc(Nc2ccc(F)cn2)cc1Nc1cccc2c1N(C)[C@@H](C)c1nc(C)nn1-2. The van der Waals surface area contributed by atoms with E-state index in [0.29, 0.717) is 28.8 Å². The zero-order chi connectivity index (χ0) is 25.4. The molecular formula is C23H23FN10O2. The van der Waals surface area contributed by atoms with E-state index in [9.17, 15) is 9.18 Å². The van der Waals surface area contributed by atoms with Crippen molar-refractivity contribution in [2.24, 2.45) is 0 Å². The number of carbonyl (C=O) groups excluding carboxylic acids is 1. The van der Waals surface area contributed by atoms with Gasteiger partial charge in [0.25, 0.3) is 5.91 Å². The quantitative estimate of drug-likeness (QED) is 0.346. The van der Waals surface area contributed by atoms with Crippen LogP contribution in [-0.4, -0.2) is 50.0 Å². The van der Waals surface area contributed by atoms with Crippen LogP contribution in [0.3, 0.4) is 0 Å². The van der Waals surface area contributed by atoms with E-state index in [-0.39, 0.29) is 11.7 Å². The monoisotopic (exact) mass is 490 g/mol. The minimum absolute atomic E-state index is 0.0101. The minimum atomic E-state index is -0.584. The molecule has 0 aliphatic carbocycles. The van der Waals surface area contributed by atoms with Crippen LogP contribution >= 0.6 is 0 Å². The smallest absolute Gasteiger partial charge is 0.297 e. The Morgan fingerprint density at radius 3 is 2.69 bits per heavy atom. The van der Waals surface area contributed by atoms with Crippen molar-refractivity contribution in [3.8, 4) is 5.69 Å². The highest BCUT2D eigenvalue weighted by atomic mass is 19.1. The first kappa shape index (κ1) is 23.1. The summed E-state index contributed by atoms with van der Waals surface area (Å²) in [7, 11) is 3.30. The second-order valence-electron chi connectivity index (χ2n) is 8.13. The van der Waals surface area contributed by atoms with Crippen molar-refractivity contribution in [3.63, 3.8) is 0 Å². The zero-order valence-electron chi connectivity index (χ0n) is 19.9. The molecule has 5 rings (SSSR count). The molecule has 0 radical (unpaired) electrons. The number of halogens is 1. The van der Waals surface area contributed by atoms with Gasteiger partial charge in [-0.05, 0) is 38.1 Å². The van der Waals surface area contributed by atoms with E-state index in [0.717, 1.165) is 23.4 Å². The summed E-state index contributed by atoms with van der Waals surface area (Å²) < 4.78 is 15.1. The number of hydrogen-bond donors (Lipinski definition) is 3. The van der Waals surface area contributed by atoms with Gasteiger partial charge in [-0.3, -0.25) is 9.63 Å². The Balaban J connectivity index is 1.57. The number of para-hydroxylation sites is 1. The van der Waals surface area contributed by atoms with Crippen molar-refractivity contribution in [3.05, 3.63) is 65.8 Å². The standard InChI is InChI=1S/C23H23FN10O2/c1-12-22-26-13(2)31-34(22)17-7-5-6-15(21(17)33(12)3)27-16-10-19(28-18-9-8-14(24)11-25-18)29-30-20(16)23(35)32-36-4/h5-12H,1-4H3,(H,32,35)(H2,25,27,28,29)/t12-/m0/s1. The van der Waals surface area contributed by atoms with Crippen LogP contribution < -0.4 is 21.0 Å². The number of aromatic nitrogens is 6. The molecule has 1 aliphatic heterocycles. The third-order valence-electron chi connectivity index (χ3n) is 5.74. The molecule has 0 unspecified atom stereocenters. The highest BCUT2D eigenvalue weighted by Gasteiger charge is 2.31. The molecule has 0 saturated carbocycles. The van der Waals surface area contributed by atoms with Crippen LogP contribution in [0.4, 0.5) is 33.1 Å². The fourth-order valence-corrected chi connectivity index (χ4v) is 4.00. The molecule has 1 aromatic carbocycles. The molecule has 0 fully saturated rings. The summed E-state index contributed by atoms with van der Waals surface area (Å²) in [4.78, 5) is 28.1. The predicted molar refractivity (Wildman–Crippen MR) is 130 cm³/mol. The van der Waals surface area contributed by atoms with Crippen LogP contribution in [0.2, 0.25) is 0 Å². The van der Waals surface area contributed by atoms with E-state index in [2.05, 4.69) is 46.3 Å². The molecule has 1 aliphatic rings. The van der Waals surface area contributed by atoms with Crippen LogP contribution in [0, 0.1) is 12.7 Å². The Bertz CT molecular complexity index is 1440. The topological polar surface area (TPSA) is 135 Å². The van der Waals surface area contributed by atoms with Crippen LogP contribution in [0.5, 0.6) is 0 Å². The average molecular weight is 491 g/mol. The maximum absolute atomic E-state index is 13.2. The normalized spacial score (nSPS) is 14.1. The summed E-state index contributed by atoms with van der Waals surface area (Å²) in [6.07, 6.45) is 1.09. The number of anilines is 5. The number of aryl methyl sites for hydroxylation is 1. The Morgan fingerprint density at radius 2 is 1.94 bits per heavy atom. The lowest BCUT2D eigenvalue weighted by molar-refractivity contribution is 0.0532. The molecule has 4 heterocycles. The maximum atomic E-state index is 13.2. The van der Waals surface area contributed by atoms with Gasteiger partial charge in [0.1, 0.15) is 17.5 Å². The van der Waals surface area contributed by atoms with Gasteiger partial charge in [0.2, 0.25) is 0 Å². The molecule has 36 heavy (non-hydrogen) atoms. The van der Waals surface area contributed by atoms with Crippen LogP contribution in [0.15, 0.2) is 42.6 Å². The van der Waals surface area contributed by atoms with E-state index < -0.39 is 11.7 Å².